The Kier molecular flexibility index (Phi) is 5.79. The molecule has 0 aliphatic heterocycles. The Morgan fingerprint density at radius 2 is 2.08 bits per heavy atom. The number of aromatic amines is 1. The summed E-state index contributed by atoms with van der Waals surface area (Å²) in [7, 11) is 0. The van der Waals surface area contributed by atoms with Crippen LogP contribution in [0.25, 0.3) is 11.4 Å². The molecule has 7 heteroatoms. The van der Waals surface area contributed by atoms with Crippen LogP contribution in [-0.4, -0.2) is 32.9 Å². The summed E-state index contributed by atoms with van der Waals surface area (Å²) < 4.78 is 0. The molecule has 0 spiro atoms. The third-order valence-electron chi connectivity index (χ3n) is 4.37. The molecule has 0 bridgehead atoms. The summed E-state index contributed by atoms with van der Waals surface area (Å²) in [4.78, 5) is 16.5. The van der Waals surface area contributed by atoms with E-state index in [2.05, 4.69) is 27.4 Å². The number of carbonyl (C=O) groups excluding carboxylic acids is 1. The minimum Gasteiger partial charge on any atom is -0.352 e. The van der Waals surface area contributed by atoms with Gasteiger partial charge >= 0.3 is 0 Å². The number of thioether (sulfide) groups is 1. The number of H-pyrrole nitrogens is 1. The van der Waals surface area contributed by atoms with Gasteiger partial charge in [0, 0.05) is 16.6 Å². The van der Waals surface area contributed by atoms with E-state index < -0.39 is 0 Å². The van der Waals surface area contributed by atoms with Gasteiger partial charge in [-0.1, -0.05) is 43.1 Å². The summed E-state index contributed by atoms with van der Waals surface area (Å²) >= 11 is 7.23. The highest BCUT2D eigenvalue weighted by Crippen LogP contribution is 2.24. The van der Waals surface area contributed by atoms with Gasteiger partial charge in [0.05, 0.1) is 5.75 Å². The number of hydrogen-bond donors (Lipinski definition) is 2. The standard InChI is InChI=1S/C17H21ClN4OS/c1-11-4-2-3-5-14(11)19-15(23)10-24-17-20-16(21-22-17)12-6-8-13(18)9-7-12/h6-9,11,14H,2-5,10H2,1H3,(H,19,23)(H,20,21,22)/t11-,14-/m1/s1. The molecule has 1 aromatic heterocycles. The minimum absolute atomic E-state index is 0.0524. The van der Waals surface area contributed by atoms with Crippen molar-refractivity contribution < 1.29 is 4.79 Å². The third-order valence-corrected chi connectivity index (χ3v) is 5.47. The first-order chi connectivity index (χ1) is 11.6. The highest BCUT2D eigenvalue weighted by atomic mass is 35.5. The Hall–Kier alpha value is -1.53. The van der Waals surface area contributed by atoms with Crippen LogP contribution in [0.5, 0.6) is 0 Å². The molecule has 3 rings (SSSR count). The predicted octanol–water partition coefficient (Wildman–Crippen LogP) is 3.91. The molecule has 2 atom stereocenters. The van der Waals surface area contributed by atoms with Crippen molar-refractivity contribution in [1.82, 2.24) is 20.5 Å². The monoisotopic (exact) mass is 364 g/mol. The second-order valence-corrected chi connectivity index (χ2v) is 7.58. The minimum atomic E-state index is 0.0524. The van der Waals surface area contributed by atoms with Gasteiger partial charge in [-0.2, -0.15) is 0 Å². The van der Waals surface area contributed by atoms with Crippen LogP contribution in [0.2, 0.25) is 5.02 Å². The average Bonchev–Trinajstić information content (AvgIpc) is 3.05. The van der Waals surface area contributed by atoms with Crippen LogP contribution >= 0.6 is 23.4 Å². The Morgan fingerprint density at radius 3 is 2.83 bits per heavy atom. The van der Waals surface area contributed by atoms with Crippen molar-refractivity contribution in [2.75, 3.05) is 5.75 Å². The van der Waals surface area contributed by atoms with Gasteiger partial charge in [-0.05, 0) is 43.0 Å². The molecule has 1 aliphatic carbocycles. The highest BCUT2D eigenvalue weighted by molar-refractivity contribution is 7.99. The fraction of sp³-hybridized carbons (Fsp3) is 0.471. The van der Waals surface area contributed by atoms with Gasteiger partial charge in [0.15, 0.2) is 5.82 Å². The van der Waals surface area contributed by atoms with E-state index >= 15 is 0 Å². The van der Waals surface area contributed by atoms with Crippen molar-refractivity contribution >= 4 is 29.3 Å². The van der Waals surface area contributed by atoms with Gasteiger partial charge in [-0.25, -0.2) is 4.98 Å². The van der Waals surface area contributed by atoms with Crippen molar-refractivity contribution in [3.8, 4) is 11.4 Å². The van der Waals surface area contributed by atoms with Crippen molar-refractivity contribution in [3.05, 3.63) is 29.3 Å². The van der Waals surface area contributed by atoms with Gasteiger partial charge in [0.2, 0.25) is 11.1 Å². The van der Waals surface area contributed by atoms with Crippen LogP contribution < -0.4 is 5.32 Å². The van der Waals surface area contributed by atoms with Crippen molar-refractivity contribution in [1.29, 1.82) is 0 Å². The van der Waals surface area contributed by atoms with Gasteiger partial charge in [-0.15, -0.1) is 5.10 Å². The molecule has 1 amide bonds. The molecule has 128 valence electrons. The van der Waals surface area contributed by atoms with E-state index in [1.807, 2.05) is 24.3 Å². The predicted molar refractivity (Wildman–Crippen MR) is 97.1 cm³/mol. The molecular weight excluding hydrogens is 344 g/mol. The number of nitrogens with one attached hydrogen (secondary N) is 2. The lowest BCUT2D eigenvalue weighted by Crippen LogP contribution is -2.41. The largest absolute Gasteiger partial charge is 0.352 e. The summed E-state index contributed by atoms with van der Waals surface area (Å²) in [6.45, 7) is 2.21. The number of carbonyl (C=O) groups is 1. The molecule has 0 radical (unpaired) electrons. The molecule has 2 N–H and O–H groups in total. The SMILES string of the molecule is C[C@@H]1CCCC[C@H]1NC(=O)CSc1n[nH]c(-c2ccc(Cl)cc2)n1. The van der Waals surface area contributed by atoms with Crippen LogP contribution in [0.4, 0.5) is 0 Å². The molecular formula is C17H21ClN4OS. The molecule has 1 aliphatic rings. The topological polar surface area (TPSA) is 70.7 Å². The quantitative estimate of drug-likeness (QED) is 0.789. The molecule has 0 unspecified atom stereocenters. The van der Waals surface area contributed by atoms with Crippen molar-refractivity contribution in [2.45, 2.75) is 43.8 Å². The molecule has 1 fully saturated rings. The molecule has 1 saturated carbocycles. The van der Waals surface area contributed by atoms with Crippen LogP contribution in [0.3, 0.4) is 0 Å². The zero-order valence-electron chi connectivity index (χ0n) is 13.6. The summed E-state index contributed by atoms with van der Waals surface area (Å²) in [5.41, 5.74) is 0.916. The van der Waals surface area contributed by atoms with E-state index in [-0.39, 0.29) is 5.91 Å². The van der Waals surface area contributed by atoms with Crippen LogP contribution in [0, 0.1) is 5.92 Å². The highest BCUT2D eigenvalue weighted by Gasteiger charge is 2.22. The number of benzene rings is 1. The van der Waals surface area contributed by atoms with Gasteiger partial charge in [-0.3, -0.25) is 9.89 Å². The Balaban J connectivity index is 1.51. The zero-order chi connectivity index (χ0) is 16.9. The number of nitrogens with zero attached hydrogens (tertiary/aromatic N) is 2. The van der Waals surface area contributed by atoms with Crippen LogP contribution in [0.15, 0.2) is 29.4 Å². The number of amides is 1. The lowest BCUT2D eigenvalue weighted by Gasteiger charge is -2.29. The molecule has 2 aromatic rings. The summed E-state index contributed by atoms with van der Waals surface area (Å²) in [6.07, 6.45) is 4.75. The van der Waals surface area contributed by atoms with E-state index in [4.69, 9.17) is 11.6 Å². The van der Waals surface area contributed by atoms with Crippen LogP contribution in [-0.2, 0) is 4.79 Å². The zero-order valence-corrected chi connectivity index (χ0v) is 15.2. The summed E-state index contributed by atoms with van der Waals surface area (Å²) in [6, 6.07) is 7.70. The first-order valence-corrected chi connectivity index (χ1v) is 9.58. The fourth-order valence-corrected chi connectivity index (χ4v) is 3.69. The van der Waals surface area contributed by atoms with Crippen molar-refractivity contribution in [3.63, 3.8) is 0 Å². The summed E-state index contributed by atoms with van der Waals surface area (Å²) in [5, 5.41) is 11.5. The molecule has 0 saturated heterocycles. The summed E-state index contributed by atoms with van der Waals surface area (Å²) in [5.74, 6) is 1.63. The lowest BCUT2D eigenvalue weighted by atomic mass is 9.86. The van der Waals surface area contributed by atoms with Gasteiger partial charge in [0.1, 0.15) is 0 Å². The number of aromatic nitrogens is 3. The molecule has 1 heterocycles. The van der Waals surface area contributed by atoms with E-state index in [1.54, 1.807) is 0 Å². The lowest BCUT2D eigenvalue weighted by molar-refractivity contribution is -0.119. The number of hydrogen-bond acceptors (Lipinski definition) is 4. The Morgan fingerprint density at radius 1 is 1.33 bits per heavy atom. The maximum atomic E-state index is 12.1. The molecule has 5 nitrogen and oxygen atoms in total. The molecule has 24 heavy (non-hydrogen) atoms. The second-order valence-electron chi connectivity index (χ2n) is 6.20. The maximum absolute atomic E-state index is 12.1. The normalized spacial score (nSPS) is 20.8. The number of rotatable bonds is 5. The maximum Gasteiger partial charge on any atom is 0.230 e. The van der Waals surface area contributed by atoms with Gasteiger partial charge < -0.3 is 5.32 Å². The number of halogens is 1. The van der Waals surface area contributed by atoms with Crippen LogP contribution in [0.1, 0.15) is 32.6 Å². The van der Waals surface area contributed by atoms with E-state index in [0.29, 0.717) is 33.7 Å². The third kappa shape index (κ3) is 4.51. The molecule has 1 aromatic carbocycles. The Labute approximate surface area is 151 Å². The van der Waals surface area contributed by atoms with E-state index in [0.717, 1.165) is 12.0 Å². The first kappa shape index (κ1) is 17.3. The first-order valence-electron chi connectivity index (χ1n) is 8.22. The second kappa shape index (κ2) is 8.03. The van der Waals surface area contributed by atoms with Crippen molar-refractivity contribution in [2.24, 2.45) is 5.92 Å². The van der Waals surface area contributed by atoms with E-state index in [9.17, 15) is 4.79 Å². The Bertz CT molecular complexity index is 688. The average molecular weight is 365 g/mol. The fourth-order valence-electron chi connectivity index (χ4n) is 2.96. The van der Waals surface area contributed by atoms with Gasteiger partial charge in [0.25, 0.3) is 0 Å². The smallest absolute Gasteiger partial charge is 0.230 e. The van der Waals surface area contributed by atoms with E-state index in [1.165, 1.54) is 31.0 Å².